The van der Waals surface area contributed by atoms with Gasteiger partial charge in [0.25, 0.3) is 0 Å². The highest BCUT2D eigenvalue weighted by molar-refractivity contribution is 5.75. The second kappa shape index (κ2) is 9.23. The van der Waals surface area contributed by atoms with E-state index in [0.29, 0.717) is 19.6 Å². The third kappa shape index (κ3) is 5.42. The Labute approximate surface area is 190 Å². The van der Waals surface area contributed by atoms with Crippen molar-refractivity contribution < 1.29 is 19.1 Å². The fourth-order valence-electron chi connectivity index (χ4n) is 4.27. The first-order chi connectivity index (χ1) is 15.3. The number of nitrogens with zero attached hydrogens (tertiary/aromatic N) is 2. The van der Waals surface area contributed by atoms with Crippen molar-refractivity contribution >= 4 is 17.7 Å². The van der Waals surface area contributed by atoms with Crippen molar-refractivity contribution in [2.45, 2.75) is 52.4 Å². The Morgan fingerprint density at radius 2 is 1.81 bits per heavy atom. The van der Waals surface area contributed by atoms with Crippen LogP contribution in [0.4, 0.5) is 10.5 Å². The molecule has 32 heavy (non-hydrogen) atoms. The largest absolute Gasteiger partial charge is 0.460 e. The second-order valence-electron chi connectivity index (χ2n) is 9.63. The zero-order chi connectivity index (χ0) is 22.7. The van der Waals surface area contributed by atoms with Gasteiger partial charge in [-0.15, -0.1) is 0 Å². The van der Waals surface area contributed by atoms with Crippen LogP contribution in [0.15, 0.2) is 48.5 Å². The standard InChI is InChI=1S/C26H32N2O4/c1-26(2,3)32-24(29)22-12-13-27(17-22)23-10-9-21-16-28(14-11-20(21)15-23)25(30)31-18-19-7-5-4-6-8-19/h4-10,15,22H,11-14,16-18H2,1-3H3. The fourth-order valence-corrected chi connectivity index (χ4v) is 4.27. The van der Waals surface area contributed by atoms with Crippen LogP contribution in [0.3, 0.4) is 0 Å². The number of esters is 1. The minimum absolute atomic E-state index is 0.0832. The highest BCUT2D eigenvalue weighted by Gasteiger charge is 2.32. The first-order valence-electron chi connectivity index (χ1n) is 11.3. The number of anilines is 1. The molecule has 0 spiro atoms. The summed E-state index contributed by atoms with van der Waals surface area (Å²) in [6.45, 7) is 8.74. The Balaban J connectivity index is 1.33. The maximum Gasteiger partial charge on any atom is 0.410 e. The predicted octanol–water partition coefficient (Wildman–Crippen LogP) is 4.55. The molecule has 0 aliphatic carbocycles. The molecule has 1 amide bonds. The van der Waals surface area contributed by atoms with Gasteiger partial charge in [0, 0.05) is 31.9 Å². The molecule has 1 saturated heterocycles. The van der Waals surface area contributed by atoms with Crippen molar-refractivity contribution in [1.82, 2.24) is 4.90 Å². The molecule has 4 rings (SSSR count). The summed E-state index contributed by atoms with van der Waals surface area (Å²) in [4.78, 5) is 28.9. The van der Waals surface area contributed by atoms with Gasteiger partial charge in [-0.05, 0) is 62.4 Å². The summed E-state index contributed by atoms with van der Waals surface area (Å²) in [7, 11) is 0. The van der Waals surface area contributed by atoms with E-state index in [9.17, 15) is 9.59 Å². The van der Waals surface area contributed by atoms with Crippen LogP contribution in [0.2, 0.25) is 0 Å². The molecule has 0 saturated carbocycles. The molecule has 2 aromatic carbocycles. The summed E-state index contributed by atoms with van der Waals surface area (Å²) in [6.07, 6.45) is 1.34. The Hall–Kier alpha value is -3.02. The van der Waals surface area contributed by atoms with Gasteiger partial charge in [0.05, 0.1) is 5.92 Å². The molecule has 0 radical (unpaired) electrons. The van der Waals surface area contributed by atoms with Crippen LogP contribution in [0.5, 0.6) is 0 Å². The molecule has 0 bridgehead atoms. The van der Waals surface area contributed by atoms with E-state index in [1.54, 1.807) is 4.90 Å². The first kappa shape index (κ1) is 22.2. The van der Waals surface area contributed by atoms with E-state index < -0.39 is 5.60 Å². The average molecular weight is 437 g/mol. The SMILES string of the molecule is CC(C)(C)OC(=O)C1CCN(c2ccc3c(c2)CCN(C(=O)OCc2ccccc2)C3)C1. The molecule has 0 aromatic heterocycles. The van der Waals surface area contributed by atoms with Crippen LogP contribution in [-0.2, 0) is 33.8 Å². The van der Waals surface area contributed by atoms with Gasteiger partial charge in [-0.25, -0.2) is 4.79 Å². The van der Waals surface area contributed by atoms with Gasteiger partial charge >= 0.3 is 12.1 Å². The van der Waals surface area contributed by atoms with Crippen LogP contribution in [0, 0.1) is 5.92 Å². The molecule has 2 aromatic rings. The van der Waals surface area contributed by atoms with Crippen LogP contribution in [0.25, 0.3) is 0 Å². The second-order valence-corrected chi connectivity index (χ2v) is 9.63. The van der Waals surface area contributed by atoms with Gasteiger partial charge in [-0.1, -0.05) is 36.4 Å². The van der Waals surface area contributed by atoms with E-state index in [0.717, 1.165) is 36.2 Å². The number of carbonyl (C=O) groups excluding carboxylic acids is 2. The predicted molar refractivity (Wildman–Crippen MR) is 123 cm³/mol. The lowest BCUT2D eigenvalue weighted by atomic mass is 9.99. The molecule has 6 nitrogen and oxygen atoms in total. The zero-order valence-corrected chi connectivity index (χ0v) is 19.2. The topological polar surface area (TPSA) is 59.1 Å². The van der Waals surface area contributed by atoms with Crippen molar-refractivity contribution in [3.8, 4) is 0 Å². The summed E-state index contributed by atoms with van der Waals surface area (Å²) in [6, 6.07) is 16.1. The van der Waals surface area contributed by atoms with Crippen LogP contribution in [-0.4, -0.2) is 42.2 Å². The Kier molecular flexibility index (Phi) is 6.40. The molecule has 2 aliphatic rings. The average Bonchev–Trinajstić information content (AvgIpc) is 3.27. The van der Waals surface area contributed by atoms with Crippen LogP contribution < -0.4 is 4.90 Å². The van der Waals surface area contributed by atoms with Crippen molar-refractivity contribution in [2.75, 3.05) is 24.5 Å². The number of benzene rings is 2. The van der Waals surface area contributed by atoms with E-state index in [2.05, 4.69) is 23.1 Å². The maximum absolute atomic E-state index is 12.5. The molecule has 2 heterocycles. The lowest BCUT2D eigenvalue weighted by molar-refractivity contribution is -0.159. The van der Waals surface area contributed by atoms with Crippen LogP contribution in [0.1, 0.15) is 43.9 Å². The van der Waals surface area contributed by atoms with Gasteiger partial charge in [-0.2, -0.15) is 0 Å². The summed E-state index contributed by atoms with van der Waals surface area (Å²) in [5.41, 5.74) is 4.08. The molecular weight excluding hydrogens is 404 g/mol. The van der Waals surface area contributed by atoms with Gasteiger partial charge in [0.15, 0.2) is 0 Å². The van der Waals surface area contributed by atoms with Crippen LogP contribution >= 0.6 is 0 Å². The Bertz CT molecular complexity index is 968. The Morgan fingerprint density at radius 3 is 2.56 bits per heavy atom. The third-order valence-corrected chi connectivity index (χ3v) is 5.96. The zero-order valence-electron chi connectivity index (χ0n) is 19.2. The summed E-state index contributed by atoms with van der Waals surface area (Å²) >= 11 is 0. The minimum atomic E-state index is -0.454. The number of fused-ring (bicyclic) bond motifs is 1. The van der Waals surface area contributed by atoms with Crippen molar-refractivity contribution in [3.63, 3.8) is 0 Å². The number of carbonyl (C=O) groups is 2. The first-order valence-corrected chi connectivity index (χ1v) is 11.3. The quantitative estimate of drug-likeness (QED) is 0.658. The van der Waals surface area contributed by atoms with E-state index in [4.69, 9.17) is 9.47 Å². The highest BCUT2D eigenvalue weighted by Crippen LogP contribution is 2.30. The molecule has 6 heteroatoms. The Morgan fingerprint density at radius 1 is 1.03 bits per heavy atom. The highest BCUT2D eigenvalue weighted by atomic mass is 16.6. The third-order valence-electron chi connectivity index (χ3n) is 5.96. The lowest BCUT2D eigenvalue weighted by Gasteiger charge is -2.29. The number of hydrogen-bond acceptors (Lipinski definition) is 5. The monoisotopic (exact) mass is 436 g/mol. The van der Waals surface area contributed by atoms with Gasteiger partial charge in [0.2, 0.25) is 0 Å². The summed E-state index contributed by atoms with van der Waals surface area (Å²) in [5.74, 6) is -0.192. The van der Waals surface area contributed by atoms with Crippen molar-refractivity contribution in [2.24, 2.45) is 5.92 Å². The van der Waals surface area contributed by atoms with E-state index in [1.165, 1.54) is 5.56 Å². The maximum atomic E-state index is 12.5. The van der Waals surface area contributed by atoms with Gasteiger partial charge in [0.1, 0.15) is 12.2 Å². The van der Waals surface area contributed by atoms with E-state index >= 15 is 0 Å². The number of rotatable bonds is 4. The smallest absolute Gasteiger partial charge is 0.410 e. The van der Waals surface area contributed by atoms with Gasteiger partial charge in [-0.3, -0.25) is 4.79 Å². The van der Waals surface area contributed by atoms with E-state index in [-0.39, 0.29) is 24.6 Å². The fraction of sp³-hybridized carbons (Fsp3) is 0.462. The normalized spacial score (nSPS) is 18.3. The molecule has 1 unspecified atom stereocenters. The summed E-state index contributed by atoms with van der Waals surface area (Å²) in [5, 5.41) is 0. The van der Waals surface area contributed by atoms with Gasteiger partial charge < -0.3 is 19.3 Å². The molecule has 2 aliphatic heterocycles. The van der Waals surface area contributed by atoms with E-state index in [1.807, 2.05) is 51.1 Å². The molecule has 170 valence electrons. The lowest BCUT2D eigenvalue weighted by Crippen LogP contribution is -2.36. The molecule has 0 N–H and O–H groups in total. The van der Waals surface area contributed by atoms with Crippen molar-refractivity contribution in [3.05, 3.63) is 65.2 Å². The number of hydrogen-bond donors (Lipinski definition) is 0. The molecule has 1 fully saturated rings. The summed E-state index contributed by atoms with van der Waals surface area (Å²) < 4.78 is 11.1. The minimum Gasteiger partial charge on any atom is -0.460 e. The number of amides is 1. The molecular formula is C26H32N2O4. The van der Waals surface area contributed by atoms with Crippen molar-refractivity contribution in [1.29, 1.82) is 0 Å². The molecule has 1 atom stereocenters. The number of ether oxygens (including phenoxy) is 2.